The summed E-state index contributed by atoms with van der Waals surface area (Å²) in [5.41, 5.74) is 3.22. The third-order valence-electron chi connectivity index (χ3n) is 3.86. The number of rotatable bonds is 4. The van der Waals surface area contributed by atoms with E-state index in [1.807, 2.05) is 6.07 Å². The van der Waals surface area contributed by atoms with Crippen molar-refractivity contribution in [2.24, 2.45) is 5.10 Å². The number of hydrogen-bond acceptors (Lipinski definition) is 5. The summed E-state index contributed by atoms with van der Waals surface area (Å²) in [6.07, 6.45) is 4.90. The first-order valence-corrected chi connectivity index (χ1v) is 8.61. The fraction of sp³-hybridized carbons (Fsp3) is 0.438. The maximum Gasteiger partial charge on any atom is 0.259 e. The molecule has 1 fully saturated rings. The van der Waals surface area contributed by atoms with Crippen molar-refractivity contribution < 1.29 is 19.1 Å². The Morgan fingerprint density at radius 3 is 3.08 bits per heavy atom. The SMILES string of the molecule is O=C(CN1CCCCCC1=O)N/N=C\c1cc(Br)c2c(c1)OCO2. The number of nitrogens with one attached hydrogen (secondary N) is 1. The van der Waals surface area contributed by atoms with Gasteiger partial charge in [0, 0.05) is 13.0 Å². The van der Waals surface area contributed by atoms with Crippen LogP contribution >= 0.6 is 15.9 Å². The molecule has 7 nitrogen and oxygen atoms in total. The highest BCUT2D eigenvalue weighted by Gasteiger charge is 2.19. The average Bonchev–Trinajstić information content (AvgIpc) is 2.93. The molecule has 2 heterocycles. The number of nitrogens with zero attached hydrogens (tertiary/aromatic N) is 2. The minimum Gasteiger partial charge on any atom is -0.454 e. The molecular formula is C16H18BrN3O4. The van der Waals surface area contributed by atoms with Gasteiger partial charge in [-0.2, -0.15) is 5.10 Å². The van der Waals surface area contributed by atoms with Crippen LogP contribution in [0.5, 0.6) is 11.5 Å². The van der Waals surface area contributed by atoms with Crippen LogP contribution in [0, 0.1) is 0 Å². The van der Waals surface area contributed by atoms with E-state index in [0.29, 0.717) is 24.5 Å². The fourth-order valence-electron chi connectivity index (χ4n) is 2.66. The second-order valence-electron chi connectivity index (χ2n) is 5.66. The smallest absolute Gasteiger partial charge is 0.259 e. The fourth-order valence-corrected chi connectivity index (χ4v) is 3.23. The van der Waals surface area contributed by atoms with E-state index in [0.717, 1.165) is 29.3 Å². The number of likely N-dealkylation sites (tertiary alicyclic amines) is 1. The van der Waals surface area contributed by atoms with Crippen LogP contribution in [0.4, 0.5) is 0 Å². The number of benzene rings is 1. The Bertz CT molecular complexity index is 678. The van der Waals surface area contributed by atoms with Crippen molar-refractivity contribution in [1.82, 2.24) is 10.3 Å². The summed E-state index contributed by atoms with van der Waals surface area (Å²) in [4.78, 5) is 25.4. The van der Waals surface area contributed by atoms with Gasteiger partial charge in [0.05, 0.1) is 10.7 Å². The molecule has 2 amide bonds. The standard InChI is InChI=1S/C16H18BrN3O4/c17-12-6-11(7-13-16(12)24-10-23-13)8-18-19-14(21)9-20-5-3-1-2-4-15(20)22/h6-8H,1-5,9-10H2,(H,19,21)/b18-8-. The van der Waals surface area contributed by atoms with Crippen molar-refractivity contribution >= 4 is 34.0 Å². The molecule has 24 heavy (non-hydrogen) atoms. The number of carbonyl (C=O) groups excluding carboxylic acids is 2. The number of amides is 2. The van der Waals surface area contributed by atoms with Crippen LogP contribution in [-0.2, 0) is 9.59 Å². The second-order valence-corrected chi connectivity index (χ2v) is 6.51. The first kappa shape index (κ1) is 16.8. The Morgan fingerprint density at radius 2 is 2.21 bits per heavy atom. The van der Waals surface area contributed by atoms with Gasteiger partial charge in [-0.15, -0.1) is 0 Å². The molecule has 8 heteroatoms. The zero-order valence-corrected chi connectivity index (χ0v) is 14.7. The molecule has 0 radical (unpaired) electrons. The van der Waals surface area contributed by atoms with E-state index < -0.39 is 0 Å². The van der Waals surface area contributed by atoms with Crippen LogP contribution in [-0.4, -0.2) is 42.8 Å². The van der Waals surface area contributed by atoms with E-state index in [2.05, 4.69) is 26.5 Å². The monoisotopic (exact) mass is 395 g/mol. The highest BCUT2D eigenvalue weighted by atomic mass is 79.9. The molecule has 0 aliphatic carbocycles. The van der Waals surface area contributed by atoms with Gasteiger partial charge in [0.15, 0.2) is 11.5 Å². The van der Waals surface area contributed by atoms with Gasteiger partial charge in [-0.3, -0.25) is 9.59 Å². The molecule has 1 N–H and O–H groups in total. The topological polar surface area (TPSA) is 80.2 Å². The first-order valence-electron chi connectivity index (χ1n) is 7.82. The minimum absolute atomic E-state index is 0.0336. The van der Waals surface area contributed by atoms with E-state index in [4.69, 9.17) is 9.47 Å². The van der Waals surface area contributed by atoms with Gasteiger partial charge in [-0.1, -0.05) is 6.42 Å². The lowest BCUT2D eigenvalue weighted by Gasteiger charge is -2.18. The quantitative estimate of drug-likeness (QED) is 0.624. The summed E-state index contributed by atoms with van der Waals surface area (Å²) in [5.74, 6) is 1.02. The van der Waals surface area contributed by atoms with Crippen molar-refractivity contribution in [1.29, 1.82) is 0 Å². The third kappa shape index (κ3) is 4.05. The summed E-state index contributed by atoms with van der Waals surface area (Å²) < 4.78 is 11.4. The molecule has 1 saturated heterocycles. The molecule has 2 aliphatic heterocycles. The van der Waals surface area contributed by atoms with E-state index in [1.54, 1.807) is 11.0 Å². The normalized spacial score (nSPS) is 17.2. The lowest BCUT2D eigenvalue weighted by molar-refractivity contribution is -0.135. The van der Waals surface area contributed by atoms with Crippen LogP contribution in [0.2, 0.25) is 0 Å². The molecule has 128 valence electrons. The molecular weight excluding hydrogens is 378 g/mol. The first-order chi connectivity index (χ1) is 11.6. The number of carbonyl (C=O) groups is 2. The Kier molecular flexibility index (Phi) is 5.34. The van der Waals surface area contributed by atoms with Crippen molar-refractivity contribution in [3.8, 4) is 11.5 Å². The lowest BCUT2D eigenvalue weighted by Crippen LogP contribution is -2.39. The van der Waals surface area contributed by atoms with Crippen molar-refractivity contribution in [2.45, 2.75) is 25.7 Å². The highest BCUT2D eigenvalue weighted by Crippen LogP contribution is 2.39. The number of fused-ring (bicyclic) bond motifs is 1. The number of hydrazone groups is 1. The third-order valence-corrected chi connectivity index (χ3v) is 4.45. The van der Waals surface area contributed by atoms with Gasteiger partial charge in [0.1, 0.15) is 6.54 Å². The zero-order valence-electron chi connectivity index (χ0n) is 13.1. The number of hydrogen-bond donors (Lipinski definition) is 1. The molecule has 0 bridgehead atoms. The van der Waals surface area contributed by atoms with Gasteiger partial charge in [-0.25, -0.2) is 5.43 Å². The number of ether oxygens (including phenoxy) is 2. The van der Waals surface area contributed by atoms with Gasteiger partial charge in [0.2, 0.25) is 12.7 Å². The molecule has 1 aromatic rings. The summed E-state index contributed by atoms with van der Waals surface area (Å²) in [6, 6.07) is 3.60. The van der Waals surface area contributed by atoms with Crippen LogP contribution in [0.25, 0.3) is 0 Å². The molecule has 1 aromatic carbocycles. The Balaban J connectivity index is 1.55. The van der Waals surface area contributed by atoms with Gasteiger partial charge < -0.3 is 14.4 Å². The van der Waals surface area contributed by atoms with Gasteiger partial charge >= 0.3 is 0 Å². The zero-order chi connectivity index (χ0) is 16.9. The van der Waals surface area contributed by atoms with Crippen LogP contribution in [0.1, 0.15) is 31.2 Å². The van der Waals surface area contributed by atoms with Crippen molar-refractivity contribution in [2.75, 3.05) is 19.9 Å². The number of halogens is 1. The lowest BCUT2D eigenvalue weighted by atomic mass is 10.2. The van der Waals surface area contributed by atoms with Crippen LogP contribution in [0.15, 0.2) is 21.7 Å². The largest absolute Gasteiger partial charge is 0.454 e. The Labute approximate surface area is 148 Å². The van der Waals surface area contributed by atoms with Gasteiger partial charge in [0.25, 0.3) is 5.91 Å². The summed E-state index contributed by atoms with van der Waals surface area (Å²) >= 11 is 3.40. The van der Waals surface area contributed by atoms with Crippen molar-refractivity contribution in [3.05, 3.63) is 22.2 Å². The minimum atomic E-state index is -0.304. The maximum atomic E-state index is 11.9. The van der Waals surface area contributed by atoms with Crippen LogP contribution in [0.3, 0.4) is 0 Å². The van der Waals surface area contributed by atoms with E-state index in [-0.39, 0.29) is 25.2 Å². The summed E-state index contributed by atoms with van der Waals surface area (Å²) in [6.45, 7) is 0.862. The van der Waals surface area contributed by atoms with E-state index >= 15 is 0 Å². The molecule has 2 aliphatic rings. The van der Waals surface area contributed by atoms with E-state index in [1.165, 1.54) is 6.21 Å². The van der Waals surface area contributed by atoms with Crippen LogP contribution < -0.4 is 14.9 Å². The Morgan fingerprint density at radius 1 is 1.33 bits per heavy atom. The molecule has 0 saturated carbocycles. The molecule has 0 unspecified atom stereocenters. The highest BCUT2D eigenvalue weighted by molar-refractivity contribution is 9.10. The maximum absolute atomic E-state index is 11.9. The average molecular weight is 396 g/mol. The molecule has 0 atom stereocenters. The summed E-state index contributed by atoms with van der Waals surface area (Å²) in [7, 11) is 0. The molecule has 0 spiro atoms. The van der Waals surface area contributed by atoms with Gasteiger partial charge in [-0.05, 0) is 46.5 Å². The predicted octanol–water partition coefficient (Wildman–Crippen LogP) is 2.03. The molecule has 0 aromatic heterocycles. The predicted molar refractivity (Wildman–Crippen MR) is 91.0 cm³/mol. The Hall–Kier alpha value is -2.09. The summed E-state index contributed by atoms with van der Waals surface area (Å²) in [5, 5.41) is 3.94. The second kappa shape index (κ2) is 7.65. The van der Waals surface area contributed by atoms with E-state index in [9.17, 15) is 9.59 Å². The van der Waals surface area contributed by atoms with Crippen molar-refractivity contribution in [3.63, 3.8) is 0 Å². The molecule has 3 rings (SSSR count).